The maximum atomic E-state index is 12.9. The first-order chi connectivity index (χ1) is 12.1. The molecule has 2 aromatic rings. The molecule has 0 bridgehead atoms. The largest absolute Gasteiger partial charge is 0.282 e. The summed E-state index contributed by atoms with van der Waals surface area (Å²) in [5.41, 5.74) is 3.21. The van der Waals surface area contributed by atoms with E-state index in [0.717, 1.165) is 21.3 Å². The van der Waals surface area contributed by atoms with Crippen molar-refractivity contribution in [1.29, 1.82) is 0 Å². The van der Waals surface area contributed by atoms with Crippen LogP contribution in [0.3, 0.4) is 0 Å². The van der Waals surface area contributed by atoms with E-state index in [1.165, 1.54) is 0 Å². The van der Waals surface area contributed by atoms with Gasteiger partial charge in [0.15, 0.2) is 9.84 Å². The average Bonchev–Trinajstić information content (AvgIpc) is 3.01. The second-order valence-corrected chi connectivity index (χ2v) is 9.38. The SMILES string of the molecule is CC1=C(C(c2ccc(Br)cc2)c2c(C)n[nH]c2C)S(=O)(=O)CC1[N+](=O)[O-]. The van der Waals surface area contributed by atoms with Gasteiger partial charge in [-0.15, -0.1) is 0 Å². The van der Waals surface area contributed by atoms with Gasteiger partial charge >= 0.3 is 0 Å². The molecular weight excluding hydrogens is 422 g/mol. The van der Waals surface area contributed by atoms with Crippen molar-refractivity contribution in [2.45, 2.75) is 32.7 Å². The predicted octanol–water partition coefficient (Wildman–Crippen LogP) is 3.27. The van der Waals surface area contributed by atoms with Gasteiger partial charge in [-0.25, -0.2) is 8.42 Å². The van der Waals surface area contributed by atoms with Crippen LogP contribution in [0.2, 0.25) is 0 Å². The van der Waals surface area contributed by atoms with E-state index < -0.39 is 32.5 Å². The molecule has 1 aromatic heterocycles. The maximum Gasteiger partial charge on any atom is 0.249 e. The first-order valence-corrected chi connectivity index (χ1v) is 10.4. The van der Waals surface area contributed by atoms with Crippen molar-refractivity contribution in [3.8, 4) is 0 Å². The van der Waals surface area contributed by atoms with E-state index in [1.54, 1.807) is 13.8 Å². The van der Waals surface area contributed by atoms with Crippen molar-refractivity contribution in [2.24, 2.45) is 0 Å². The van der Waals surface area contributed by atoms with E-state index in [2.05, 4.69) is 26.1 Å². The molecule has 2 heterocycles. The number of allylic oxidation sites excluding steroid dienone is 1. The highest BCUT2D eigenvalue weighted by Crippen LogP contribution is 2.43. The lowest BCUT2D eigenvalue weighted by molar-refractivity contribution is -0.505. The molecule has 0 radical (unpaired) electrons. The quantitative estimate of drug-likeness (QED) is 0.580. The van der Waals surface area contributed by atoms with Crippen LogP contribution in [0.1, 0.15) is 35.4 Å². The van der Waals surface area contributed by atoms with Crippen molar-refractivity contribution < 1.29 is 13.3 Å². The minimum atomic E-state index is -3.76. The second kappa shape index (κ2) is 6.62. The summed E-state index contributed by atoms with van der Waals surface area (Å²) in [5, 5.41) is 18.4. The van der Waals surface area contributed by atoms with Gasteiger partial charge in [0, 0.05) is 32.1 Å². The standard InChI is InChI=1S/C17H18BrN3O4S/c1-9-14(21(22)23)8-26(24,25)17(9)16(12-4-6-13(18)7-5-12)15-10(2)19-20-11(15)3/h4-7,14,16H,8H2,1-3H3,(H,19,20). The Balaban J connectivity index is 2.31. The lowest BCUT2D eigenvalue weighted by Crippen LogP contribution is -2.23. The molecule has 3 rings (SSSR count). The summed E-state index contributed by atoms with van der Waals surface area (Å²) in [6.07, 6.45) is 0. The lowest BCUT2D eigenvalue weighted by atomic mass is 9.87. The number of nitrogens with zero attached hydrogens (tertiary/aromatic N) is 2. The molecule has 0 spiro atoms. The normalized spacial score (nSPS) is 20.4. The Morgan fingerprint density at radius 2 is 1.88 bits per heavy atom. The van der Waals surface area contributed by atoms with Gasteiger partial charge in [-0.05, 0) is 38.5 Å². The number of hydrogen-bond donors (Lipinski definition) is 1. The third-order valence-electron chi connectivity index (χ3n) is 4.79. The highest BCUT2D eigenvalue weighted by Gasteiger charge is 2.46. The van der Waals surface area contributed by atoms with Crippen molar-refractivity contribution in [1.82, 2.24) is 10.2 Å². The molecule has 1 N–H and O–H groups in total. The zero-order chi connectivity index (χ0) is 19.2. The zero-order valence-electron chi connectivity index (χ0n) is 14.5. The van der Waals surface area contributed by atoms with Crippen LogP contribution in [-0.4, -0.2) is 35.3 Å². The Hall–Kier alpha value is -2.00. The van der Waals surface area contributed by atoms with Crippen molar-refractivity contribution in [3.63, 3.8) is 0 Å². The van der Waals surface area contributed by atoms with Crippen LogP contribution in [0.15, 0.2) is 39.2 Å². The molecular formula is C17H18BrN3O4S. The molecule has 7 nitrogen and oxygen atoms in total. The molecule has 26 heavy (non-hydrogen) atoms. The van der Waals surface area contributed by atoms with Crippen LogP contribution in [0.5, 0.6) is 0 Å². The summed E-state index contributed by atoms with van der Waals surface area (Å²) in [6.45, 7) is 5.17. The van der Waals surface area contributed by atoms with E-state index in [4.69, 9.17) is 0 Å². The number of nitrogens with one attached hydrogen (secondary N) is 1. The van der Waals surface area contributed by atoms with Gasteiger partial charge in [0.05, 0.1) is 10.6 Å². The number of sulfone groups is 1. The van der Waals surface area contributed by atoms with Crippen LogP contribution in [-0.2, 0) is 9.84 Å². The number of halogens is 1. The predicted molar refractivity (Wildman–Crippen MR) is 101 cm³/mol. The Bertz CT molecular complexity index is 990. The van der Waals surface area contributed by atoms with Gasteiger partial charge in [-0.3, -0.25) is 15.2 Å². The summed E-state index contributed by atoms with van der Waals surface area (Å²) < 4.78 is 26.6. The van der Waals surface area contributed by atoms with Crippen molar-refractivity contribution in [3.05, 3.63) is 71.8 Å². The van der Waals surface area contributed by atoms with Crippen LogP contribution >= 0.6 is 15.9 Å². The highest BCUT2D eigenvalue weighted by molar-refractivity contribution is 9.10. The van der Waals surface area contributed by atoms with Crippen molar-refractivity contribution in [2.75, 3.05) is 5.75 Å². The molecule has 9 heteroatoms. The van der Waals surface area contributed by atoms with E-state index in [-0.39, 0.29) is 4.91 Å². The fourth-order valence-electron chi connectivity index (χ4n) is 3.55. The molecule has 2 unspecified atom stereocenters. The third-order valence-corrected chi connectivity index (χ3v) is 7.31. The highest BCUT2D eigenvalue weighted by atomic mass is 79.9. The van der Waals surface area contributed by atoms with Crippen molar-refractivity contribution >= 4 is 25.8 Å². The molecule has 0 saturated carbocycles. The first-order valence-electron chi connectivity index (χ1n) is 7.97. The summed E-state index contributed by atoms with van der Waals surface area (Å²) in [6, 6.07) is 6.11. The molecule has 0 saturated heterocycles. The summed E-state index contributed by atoms with van der Waals surface area (Å²) in [4.78, 5) is 11.0. The van der Waals surface area contributed by atoms with Crippen LogP contribution in [0, 0.1) is 24.0 Å². The van der Waals surface area contributed by atoms with E-state index in [0.29, 0.717) is 11.3 Å². The van der Waals surface area contributed by atoms with Crippen LogP contribution in [0.25, 0.3) is 0 Å². The first kappa shape index (κ1) is 18.8. The topological polar surface area (TPSA) is 106 Å². The van der Waals surface area contributed by atoms with Gasteiger partial charge in [-0.1, -0.05) is 28.1 Å². The number of rotatable bonds is 4. The number of aryl methyl sites for hydroxylation is 2. The van der Waals surface area contributed by atoms with Gasteiger partial charge < -0.3 is 0 Å². The molecule has 1 aliphatic heterocycles. The maximum absolute atomic E-state index is 12.9. The average molecular weight is 440 g/mol. The Kier molecular flexibility index (Phi) is 4.78. The van der Waals surface area contributed by atoms with E-state index in [9.17, 15) is 18.5 Å². The number of hydrogen-bond acceptors (Lipinski definition) is 5. The molecule has 1 aromatic carbocycles. The smallest absolute Gasteiger partial charge is 0.249 e. The molecule has 0 fully saturated rings. The third kappa shape index (κ3) is 3.09. The fraction of sp³-hybridized carbons (Fsp3) is 0.353. The molecule has 2 atom stereocenters. The molecule has 1 aliphatic rings. The number of H-pyrrole nitrogens is 1. The lowest BCUT2D eigenvalue weighted by Gasteiger charge is -2.20. The van der Waals surface area contributed by atoms with Gasteiger partial charge in [0.1, 0.15) is 5.75 Å². The second-order valence-electron chi connectivity index (χ2n) is 6.46. The summed E-state index contributed by atoms with van der Waals surface area (Å²) >= 11 is 3.38. The van der Waals surface area contributed by atoms with Gasteiger partial charge in [0.25, 0.3) is 0 Å². The van der Waals surface area contributed by atoms with E-state index >= 15 is 0 Å². The summed E-state index contributed by atoms with van der Waals surface area (Å²) in [7, 11) is -3.76. The number of nitro groups is 1. The van der Waals surface area contributed by atoms with Crippen LogP contribution < -0.4 is 0 Å². The monoisotopic (exact) mass is 439 g/mol. The van der Waals surface area contributed by atoms with E-state index in [1.807, 2.05) is 31.2 Å². The fourth-order valence-corrected chi connectivity index (χ4v) is 6.02. The minimum Gasteiger partial charge on any atom is -0.282 e. The Morgan fingerprint density at radius 1 is 1.27 bits per heavy atom. The zero-order valence-corrected chi connectivity index (χ0v) is 16.9. The minimum absolute atomic E-state index is 0.120. The van der Waals surface area contributed by atoms with Crippen LogP contribution in [0.4, 0.5) is 0 Å². The van der Waals surface area contributed by atoms with Gasteiger partial charge in [0.2, 0.25) is 6.04 Å². The Labute approximate surface area is 159 Å². The molecule has 0 amide bonds. The number of aromatic nitrogens is 2. The molecule has 138 valence electrons. The number of aromatic amines is 1. The number of benzene rings is 1. The summed E-state index contributed by atoms with van der Waals surface area (Å²) in [5.74, 6) is -1.12. The Morgan fingerprint density at radius 3 is 2.35 bits per heavy atom. The van der Waals surface area contributed by atoms with Gasteiger partial charge in [-0.2, -0.15) is 5.10 Å². The molecule has 0 aliphatic carbocycles.